The molecule has 1 fully saturated rings. The summed E-state index contributed by atoms with van der Waals surface area (Å²) < 4.78 is 0. The van der Waals surface area contributed by atoms with Gasteiger partial charge in [0, 0.05) is 36.3 Å². The Morgan fingerprint density at radius 2 is 1.88 bits per heavy atom. The van der Waals surface area contributed by atoms with Crippen molar-refractivity contribution >= 4 is 16.9 Å². The molecule has 124 valence electrons. The van der Waals surface area contributed by atoms with Crippen LogP contribution in [0.25, 0.3) is 11.0 Å². The molecule has 0 saturated heterocycles. The van der Waals surface area contributed by atoms with Gasteiger partial charge in [0.25, 0.3) is 5.91 Å². The molecule has 2 aliphatic carbocycles. The third kappa shape index (κ3) is 2.47. The first-order chi connectivity index (χ1) is 12.3. The number of carbonyl (C=O) groups is 1. The molecule has 2 aromatic heterocycles. The summed E-state index contributed by atoms with van der Waals surface area (Å²) in [5.74, 6) is 1.06. The predicted molar refractivity (Wildman–Crippen MR) is 94.3 cm³/mol. The molecule has 3 aromatic rings. The standard InChI is InChI=1S/C20H18N4O/c25-20(22-11-12-2-1-7-21-10-12)15-5-6-16-17(9-15)24-19-14-4-3-13(8-14)18(19)23-16/h1-2,5-7,9-10,13-14H,3-4,8,11H2,(H,22,25). The van der Waals surface area contributed by atoms with Crippen molar-refractivity contribution < 1.29 is 4.79 Å². The molecule has 2 atom stereocenters. The fourth-order valence-electron chi connectivity index (χ4n) is 4.09. The molecule has 5 rings (SSSR count). The molecular formula is C20H18N4O. The third-order valence-electron chi connectivity index (χ3n) is 5.36. The van der Waals surface area contributed by atoms with Crippen molar-refractivity contribution in [1.29, 1.82) is 0 Å². The molecule has 1 aromatic carbocycles. The lowest BCUT2D eigenvalue weighted by Gasteiger charge is -2.14. The maximum Gasteiger partial charge on any atom is 0.251 e. The van der Waals surface area contributed by atoms with Crippen molar-refractivity contribution in [3.05, 3.63) is 65.2 Å². The first kappa shape index (κ1) is 14.5. The number of hydrogen-bond acceptors (Lipinski definition) is 4. The van der Waals surface area contributed by atoms with Crippen LogP contribution < -0.4 is 5.32 Å². The number of amides is 1. The van der Waals surface area contributed by atoms with Crippen molar-refractivity contribution in [2.75, 3.05) is 0 Å². The minimum absolute atomic E-state index is 0.102. The molecular weight excluding hydrogens is 312 g/mol. The molecule has 1 saturated carbocycles. The molecule has 2 bridgehead atoms. The number of hydrogen-bond donors (Lipinski definition) is 1. The van der Waals surface area contributed by atoms with Crippen LogP contribution in [-0.4, -0.2) is 20.9 Å². The van der Waals surface area contributed by atoms with Gasteiger partial charge in [0.05, 0.1) is 22.4 Å². The Kier molecular flexibility index (Phi) is 3.26. The van der Waals surface area contributed by atoms with Gasteiger partial charge in [-0.1, -0.05) is 6.07 Å². The smallest absolute Gasteiger partial charge is 0.251 e. The Hall–Kier alpha value is -2.82. The molecule has 0 radical (unpaired) electrons. The maximum atomic E-state index is 12.4. The maximum absolute atomic E-state index is 12.4. The Morgan fingerprint density at radius 3 is 2.64 bits per heavy atom. The number of pyridine rings is 1. The van der Waals surface area contributed by atoms with Gasteiger partial charge < -0.3 is 5.32 Å². The van der Waals surface area contributed by atoms with E-state index in [-0.39, 0.29) is 5.91 Å². The number of aromatic nitrogens is 3. The highest BCUT2D eigenvalue weighted by Gasteiger charge is 2.39. The monoisotopic (exact) mass is 330 g/mol. The quantitative estimate of drug-likeness (QED) is 0.800. The van der Waals surface area contributed by atoms with Crippen LogP contribution >= 0.6 is 0 Å². The van der Waals surface area contributed by atoms with Crippen molar-refractivity contribution in [1.82, 2.24) is 20.3 Å². The highest BCUT2D eigenvalue weighted by atomic mass is 16.1. The van der Waals surface area contributed by atoms with Crippen LogP contribution in [0.4, 0.5) is 0 Å². The summed E-state index contributed by atoms with van der Waals surface area (Å²) in [7, 11) is 0. The fraction of sp³-hybridized carbons (Fsp3) is 0.300. The minimum Gasteiger partial charge on any atom is -0.348 e. The van der Waals surface area contributed by atoms with Crippen molar-refractivity contribution in [2.45, 2.75) is 37.6 Å². The van der Waals surface area contributed by atoms with E-state index in [4.69, 9.17) is 9.97 Å². The molecule has 1 amide bonds. The molecule has 1 N–H and O–H groups in total. The normalized spacial score (nSPS) is 20.6. The second kappa shape index (κ2) is 5.62. The Balaban J connectivity index is 1.41. The molecule has 25 heavy (non-hydrogen) atoms. The van der Waals surface area contributed by atoms with E-state index in [1.165, 1.54) is 25.0 Å². The van der Waals surface area contributed by atoms with Crippen LogP contribution in [-0.2, 0) is 6.54 Å². The van der Waals surface area contributed by atoms with Crippen LogP contribution in [0, 0.1) is 0 Å². The molecule has 5 nitrogen and oxygen atoms in total. The van der Waals surface area contributed by atoms with Crippen LogP contribution in [0.1, 0.15) is 58.4 Å². The first-order valence-corrected chi connectivity index (χ1v) is 8.76. The second-order valence-electron chi connectivity index (χ2n) is 6.95. The average Bonchev–Trinajstić information content (AvgIpc) is 3.27. The van der Waals surface area contributed by atoms with Gasteiger partial charge in [-0.05, 0) is 49.1 Å². The first-order valence-electron chi connectivity index (χ1n) is 8.76. The van der Waals surface area contributed by atoms with Gasteiger partial charge in [-0.25, -0.2) is 9.97 Å². The van der Waals surface area contributed by atoms with E-state index in [1.54, 1.807) is 12.4 Å². The number of nitrogens with zero attached hydrogens (tertiary/aromatic N) is 3. The Bertz CT molecular complexity index is 970. The number of carbonyl (C=O) groups excluding carboxylic acids is 1. The van der Waals surface area contributed by atoms with Crippen molar-refractivity contribution in [3.63, 3.8) is 0 Å². The van der Waals surface area contributed by atoms with Crippen LogP contribution in [0.2, 0.25) is 0 Å². The topological polar surface area (TPSA) is 67.8 Å². The fourth-order valence-corrected chi connectivity index (χ4v) is 4.09. The molecule has 2 aliphatic rings. The van der Waals surface area contributed by atoms with E-state index < -0.39 is 0 Å². The average molecular weight is 330 g/mol. The third-order valence-corrected chi connectivity index (χ3v) is 5.36. The summed E-state index contributed by atoms with van der Waals surface area (Å²) >= 11 is 0. The van der Waals surface area contributed by atoms with Crippen molar-refractivity contribution in [2.24, 2.45) is 0 Å². The highest BCUT2D eigenvalue weighted by molar-refractivity contribution is 5.97. The van der Waals surface area contributed by atoms with E-state index in [9.17, 15) is 4.79 Å². The highest BCUT2D eigenvalue weighted by Crippen LogP contribution is 2.51. The number of fused-ring (bicyclic) bond motifs is 6. The van der Waals surface area contributed by atoms with Gasteiger partial charge in [0.15, 0.2) is 0 Å². The summed E-state index contributed by atoms with van der Waals surface area (Å²) in [4.78, 5) is 26.2. The zero-order valence-electron chi connectivity index (χ0n) is 13.8. The van der Waals surface area contributed by atoms with Crippen LogP contribution in [0.5, 0.6) is 0 Å². The van der Waals surface area contributed by atoms with E-state index in [2.05, 4.69) is 10.3 Å². The van der Waals surface area contributed by atoms with Gasteiger partial charge in [-0.2, -0.15) is 0 Å². The molecule has 2 heterocycles. The summed E-state index contributed by atoms with van der Waals surface area (Å²) in [6, 6.07) is 9.40. The van der Waals surface area contributed by atoms with Crippen LogP contribution in [0.3, 0.4) is 0 Å². The minimum atomic E-state index is -0.102. The van der Waals surface area contributed by atoms with Gasteiger partial charge in [-0.15, -0.1) is 0 Å². The SMILES string of the molecule is O=C(NCc1cccnc1)c1ccc2nc3c(nc2c1)C1CCC3C1. The zero-order valence-corrected chi connectivity index (χ0v) is 13.8. The molecule has 0 spiro atoms. The van der Waals surface area contributed by atoms with Gasteiger partial charge in [-0.3, -0.25) is 9.78 Å². The molecule has 2 unspecified atom stereocenters. The van der Waals surface area contributed by atoms with Gasteiger partial charge in [0.2, 0.25) is 0 Å². The second-order valence-corrected chi connectivity index (χ2v) is 6.95. The largest absolute Gasteiger partial charge is 0.348 e. The number of nitrogens with one attached hydrogen (secondary N) is 1. The molecule has 5 heteroatoms. The van der Waals surface area contributed by atoms with E-state index in [0.29, 0.717) is 23.9 Å². The van der Waals surface area contributed by atoms with E-state index >= 15 is 0 Å². The van der Waals surface area contributed by atoms with Gasteiger partial charge >= 0.3 is 0 Å². The molecule has 0 aliphatic heterocycles. The summed E-state index contributed by atoms with van der Waals surface area (Å²) in [5, 5.41) is 2.93. The lowest BCUT2D eigenvalue weighted by Crippen LogP contribution is -2.22. The summed E-state index contributed by atoms with van der Waals surface area (Å²) in [6.07, 6.45) is 7.14. The number of rotatable bonds is 3. The summed E-state index contributed by atoms with van der Waals surface area (Å²) in [6.45, 7) is 0.463. The van der Waals surface area contributed by atoms with Gasteiger partial charge in [0.1, 0.15) is 0 Å². The van der Waals surface area contributed by atoms with Crippen molar-refractivity contribution in [3.8, 4) is 0 Å². The number of benzene rings is 1. The lowest BCUT2D eigenvalue weighted by molar-refractivity contribution is 0.0951. The summed E-state index contributed by atoms with van der Waals surface area (Å²) in [5.41, 5.74) is 5.66. The Morgan fingerprint density at radius 1 is 1.08 bits per heavy atom. The lowest BCUT2D eigenvalue weighted by atomic mass is 10.00. The van der Waals surface area contributed by atoms with E-state index in [1.807, 2.05) is 30.3 Å². The Labute approximate surface area is 145 Å². The van der Waals surface area contributed by atoms with Crippen LogP contribution in [0.15, 0.2) is 42.7 Å². The van der Waals surface area contributed by atoms with E-state index in [0.717, 1.165) is 22.3 Å². The predicted octanol–water partition coefficient (Wildman–Crippen LogP) is 3.32. The zero-order chi connectivity index (χ0) is 16.8.